The summed E-state index contributed by atoms with van der Waals surface area (Å²) in [5.41, 5.74) is 0. The van der Waals surface area contributed by atoms with Crippen LogP contribution in [0.3, 0.4) is 0 Å². The monoisotopic (exact) mass is 295 g/mol. The summed E-state index contributed by atoms with van der Waals surface area (Å²) < 4.78 is 4.81. The van der Waals surface area contributed by atoms with E-state index in [1.165, 1.54) is 37.7 Å². The minimum atomic E-state index is -0.145. The molecule has 1 saturated carbocycles. The first-order valence-electron chi connectivity index (χ1n) is 7.52. The fourth-order valence-corrected chi connectivity index (χ4v) is 3.87. The second-order valence-corrected chi connectivity index (χ2v) is 6.87. The molecule has 0 aromatic carbocycles. The van der Waals surface area contributed by atoms with Gasteiger partial charge in [-0.25, -0.2) is 0 Å². The second-order valence-electron chi connectivity index (χ2n) is 5.89. The molecule has 1 aromatic rings. The first-order chi connectivity index (χ1) is 9.69. The molecule has 3 atom stereocenters. The fraction of sp³-hybridized carbons (Fsp3) is 0.688. The summed E-state index contributed by atoms with van der Waals surface area (Å²) in [6, 6.07) is 4.23. The van der Waals surface area contributed by atoms with Crippen molar-refractivity contribution >= 4 is 17.3 Å². The molecule has 1 aliphatic carbocycles. The lowest BCUT2D eigenvalue weighted by Crippen LogP contribution is -2.31. The maximum Gasteiger partial charge on any atom is 0.307 e. The number of ether oxygens (including phenoxy) is 1. The Morgan fingerprint density at radius 1 is 1.55 bits per heavy atom. The van der Waals surface area contributed by atoms with Crippen molar-refractivity contribution in [1.29, 1.82) is 0 Å². The standard InChI is InChI=1S/C16H25NO2S/c1-12-5-3-6-13(9-12)11-17-14(10-16(18)19-2)15-7-4-8-20-15/h4,7-8,12-14,17H,3,5-6,9-11H2,1-2H3. The van der Waals surface area contributed by atoms with Gasteiger partial charge in [-0.3, -0.25) is 4.79 Å². The normalized spacial score (nSPS) is 24.3. The number of thiophene rings is 1. The Balaban J connectivity index is 1.88. The number of hydrogen-bond acceptors (Lipinski definition) is 4. The van der Waals surface area contributed by atoms with Crippen LogP contribution in [0.15, 0.2) is 17.5 Å². The molecule has 20 heavy (non-hydrogen) atoms. The summed E-state index contributed by atoms with van der Waals surface area (Å²) in [6.45, 7) is 3.35. The van der Waals surface area contributed by atoms with Crippen LogP contribution in [0.25, 0.3) is 0 Å². The van der Waals surface area contributed by atoms with Crippen molar-refractivity contribution in [2.24, 2.45) is 11.8 Å². The quantitative estimate of drug-likeness (QED) is 0.812. The van der Waals surface area contributed by atoms with E-state index in [1.54, 1.807) is 11.3 Å². The zero-order valence-corrected chi connectivity index (χ0v) is 13.2. The summed E-state index contributed by atoms with van der Waals surface area (Å²) in [6.07, 6.45) is 5.75. The Morgan fingerprint density at radius 3 is 3.05 bits per heavy atom. The number of nitrogens with one attached hydrogen (secondary N) is 1. The number of methoxy groups -OCH3 is 1. The molecule has 0 aliphatic heterocycles. The number of carbonyl (C=O) groups excluding carboxylic acids is 1. The molecule has 0 radical (unpaired) electrons. The molecular formula is C16H25NO2S. The van der Waals surface area contributed by atoms with E-state index >= 15 is 0 Å². The molecule has 0 saturated heterocycles. The van der Waals surface area contributed by atoms with E-state index in [1.807, 2.05) is 6.07 Å². The predicted octanol–water partition coefficient (Wildman–Crippen LogP) is 3.77. The largest absolute Gasteiger partial charge is 0.469 e. The van der Waals surface area contributed by atoms with Crippen LogP contribution < -0.4 is 5.32 Å². The summed E-state index contributed by atoms with van der Waals surface area (Å²) in [7, 11) is 1.45. The first-order valence-corrected chi connectivity index (χ1v) is 8.40. The third-order valence-electron chi connectivity index (χ3n) is 4.18. The third kappa shape index (κ3) is 4.60. The molecule has 1 N–H and O–H groups in total. The van der Waals surface area contributed by atoms with E-state index in [0.29, 0.717) is 6.42 Å². The zero-order chi connectivity index (χ0) is 14.4. The van der Waals surface area contributed by atoms with E-state index in [0.717, 1.165) is 18.4 Å². The van der Waals surface area contributed by atoms with Gasteiger partial charge >= 0.3 is 5.97 Å². The topological polar surface area (TPSA) is 38.3 Å². The summed E-state index contributed by atoms with van der Waals surface area (Å²) in [5.74, 6) is 1.45. The third-order valence-corrected chi connectivity index (χ3v) is 5.17. The van der Waals surface area contributed by atoms with Crippen LogP contribution >= 0.6 is 11.3 Å². The highest BCUT2D eigenvalue weighted by Gasteiger charge is 2.22. The lowest BCUT2D eigenvalue weighted by molar-refractivity contribution is -0.141. The van der Waals surface area contributed by atoms with Crippen molar-refractivity contribution in [2.45, 2.75) is 45.1 Å². The van der Waals surface area contributed by atoms with E-state index in [-0.39, 0.29) is 12.0 Å². The minimum absolute atomic E-state index is 0.0969. The molecule has 4 heteroatoms. The number of hydrogen-bond donors (Lipinski definition) is 1. The van der Waals surface area contributed by atoms with Crippen LogP contribution in [0, 0.1) is 11.8 Å². The van der Waals surface area contributed by atoms with Gasteiger partial charge in [0.1, 0.15) is 0 Å². The van der Waals surface area contributed by atoms with Crippen molar-refractivity contribution in [1.82, 2.24) is 5.32 Å². The molecule has 1 aromatic heterocycles. The molecule has 3 nitrogen and oxygen atoms in total. The molecule has 1 heterocycles. The van der Waals surface area contributed by atoms with Crippen molar-refractivity contribution in [3.8, 4) is 0 Å². The molecular weight excluding hydrogens is 270 g/mol. The van der Waals surface area contributed by atoms with Gasteiger partial charge in [0.2, 0.25) is 0 Å². The van der Waals surface area contributed by atoms with Gasteiger partial charge in [0.25, 0.3) is 0 Å². The number of rotatable bonds is 6. The van der Waals surface area contributed by atoms with Gasteiger partial charge in [0.15, 0.2) is 0 Å². The van der Waals surface area contributed by atoms with Crippen LogP contribution in [0.5, 0.6) is 0 Å². The summed E-state index contributed by atoms with van der Waals surface area (Å²) in [4.78, 5) is 12.8. The van der Waals surface area contributed by atoms with Gasteiger partial charge < -0.3 is 10.1 Å². The number of esters is 1. The maximum atomic E-state index is 11.6. The molecule has 0 amide bonds. The molecule has 0 spiro atoms. The molecule has 0 bridgehead atoms. The van der Waals surface area contributed by atoms with Crippen LogP contribution in [0.4, 0.5) is 0 Å². The molecule has 112 valence electrons. The van der Waals surface area contributed by atoms with E-state index < -0.39 is 0 Å². The highest BCUT2D eigenvalue weighted by Crippen LogP contribution is 2.29. The Bertz CT molecular complexity index is 405. The zero-order valence-electron chi connectivity index (χ0n) is 12.4. The maximum absolute atomic E-state index is 11.6. The molecule has 3 unspecified atom stereocenters. The summed E-state index contributed by atoms with van der Waals surface area (Å²) >= 11 is 1.70. The summed E-state index contributed by atoms with van der Waals surface area (Å²) in [5, 5.41) is 5.65. The predicted molar refractivity (Wildman–Crippen MR) is 82.8 cm³/mol. The van der Waals surface area contributed by atoms with E-state index in [4.69, 9.17) is 4.74 Å². The Labute approximate surface area is 125 Å². The van der Waals surface area contributed by atoms with Gasteiger partial charge in [-0.05, 0) is 42.7 Å². The van der Waals surface area contributed by atoms with E-state index in [9.17, 15) is 4.79 Å². The molecule has 2 rings (SSSR count). The van der Waals surface area contributed by atoms with Gasteiger partial charge in [-0.1, -0.05) is 25.8 Å². The van der Waals surface area contributed by atoms with Gasteiger partial charge in [-0.2, -0.15) is 0 Å². The Hall–Kier alpha value is -0.870. The Kier molecular flexibility index (Phi) is 6.05. The van der Waals surface area contributed by atoms with Crippen molar-refractivity contribution in [3.05, 3.63) is 22.4 Å². The van der Waals surface area contributed by atoms with Gasteiger partial charge in [-0.15, -0.1) is 11.3 Å². The van der Waals surface area contributed by atoms with Gasteiger partial charge in [0.05, 0.1) is 19.6 Å². The molecule has 1 aliphatic rings. The average Bonchev–Trinajstić information content (AvgIpc) is 2.97. The smallest absolute Gasteiger partial charge is 0.307 e. The van der Waals surface area contributed by atoms with Crippen LogP contribution in [-0.4, -0.2) is 19.6 Å². The highest BCUT2D eigenvalue weighted by atomic mass is 32.1. The second kappa shape index (κ2) is 7.79. The van der Waals surface area contributed by atoms with Gasteiger partial charge in [0, 0.05) is 4.88 Å². The fourth-order valence-electron chi connectivity index (χ4n) is 3.07. The van der Waals surface area contributed by atoms with Crippen molar-refractivity contribution in [2.75, 3.05) is 13.7 Å². The Morgan fingerprint density at radius 2 is 2.40 bits per heavy atom. The average molecular weight is 295 g/mol. The van der Waals surface area contributed by atoms with Crippen LogP contribution in [0.1, 0.15) is 49.9 Å². The first kappa shape index (κ1) is 15.5. The molecule has 1 fully saturated rings. The highest BCUT2D eigenvalue weighted by molar-refractivity contribution is 7.10. The van der Waals surface area contributed by atoms with Crippen LogP contribution in [-0.2, 0) is 9.53 Å². The lowest BCUT2D eigenvalue weighted by atomic mass is 9.82. The SMILES string of the molecule is COC(=O)CC(NCC1CCCC(C)C1)c1cccs1. The lowest BCUT2D eigenvalue weighted by Gasteiger charge is -2.28. The minimum Gasteiger partial charge on any atom is -0.469 e. The van der Waals surface area contributed by atoms with E-state index in [2.05, 4.69) is 23.7 Å². The van der Waals surface area contributed by atoms with Crippen molar-refractivity contribution < 1.29 is 9.53 Å². The van der Waals surface area contributed by atoms with Crippen LogP contribution in [0.2, 0.25) is 0 Å². The van der Waals surface area contributed by atoms with Crippen molar-refractivity contribution in [3.63, 3.8) is 0 Å². The number of carbonyl (C=O) groups is 1.